The minimum Gasteiger partial charge on any atom is -0.336 e. The Morgan fingerprint density at radius 1 is 1.25 bits per heavy atom. The molecule has 0 heterocycles. The summed E-state index contributed by atoms with van der Waals surface area (Å²) >= 11 is 0. The van der Waals surface area contributed by atoms with Crippen LogP contribution in [0.4, 0.5) is 0 Å². The van der Waals surface area contributed by atoms with Gasteiger partial charge in [0.15, 0.2) is 5.54 Å². The summed E-state index contributed by atoms with van der Waals surface area (Å²) in [5.41, 5.74) is -1.10. The van der Waals surface area contributed by atoms with Gasteiger partial charge in [0.2, 0.25) is 21.8 Å². The van der Waals surface area contributed by atoms with E-state index in [9.17, 15) is 22.8 Å². The predicted molar refractivity (Wildman–Crippen MR) is 124 cm³/mol. The third-order valence-electron chi connectivity index (χ3n) is 6.73. The zero-order chi connectivity index (χ0) is 24.3. The summed E-state index contributed by atoms with van der Waals surface area (Å²) in [6, 6.07) is -0.780. The van der Waals surface area contributed by atoms with Crippen LogP contribution in [-0.2, 0) is 24.4 Å². The smallest absolute Gasteiger partial charge is 0.264 e. The van der Waals surface area contributed by atoms with E-state index in [2.05, 4.69) is 23.5 Å². The molecule has 0 aromatic heterocycles. The molecule has 2 aliphatic rings. The highest BCUT2D eigenvalue weighted by Gasteiger charge is 2.66. The SMILES string of the molecule is C=C1C(C=CCCCCC)C1(NC(=O)C(CC)N(C)C(C)=O)C(=O)NS(=O)(=O)C1(C)CC1. The molecule has 2 aliphatic carbocycles. The van der Waals surface area contributed by atoms with E-state index in [1.54, 1.807) is 13.8 Å². The van der Waals surface area contributed by atoms with Crippen LogP contribution in [0.3, 0.4) is 0 Å². The average Bonchev–Trinajstić information content (AvgIpc) is 3.59. The molecule has 0 aliphatic heterocycles. The van der Waals surface area contributed by atoms with Crippen LogP contribution >= 0.6 is 0 Å². The van der Waals surface area contributed by atoms with Crippen LogP contribution in [0, 0.1) is 5.92 Å². The highest BCUT2D eigenvalue weighted by atomic mass is 32.2. The van der Waals surface area contributed by atoms with Crippen molar-refractivity contribution in [3.8, 4) is 0 Å². The number of hydrogen-bond acceptors (Lipinski definition) is 5. The Morgan fingerprint density at radius 3 is 2.38 bits per heavy atom. The normalized spacial score (nSPS) is 24.7. The van der Waals surface area contributed by atoms with E-state index < -0.39 is 44.1 Å². The maximum atomic E-state index is 13.2. The number of rotatable bonds is 12. The van der Waals surface area contributed by atoms with Gasteiger partial charge >= 0.3 is 0 Å². The van der Waals surface area contributed by atoms with Crippen LogP contribution in [0.1, 0.15) is 72.6 Å². The quantitative estimate of drug-likeness (QED) is 0.338. The molecule has 9 heteroatoms. The predicted octanol–water partition coefficient (Wildman–Crippen LogP) is 2.42. The number of amides is 3. The number of unbranched alkanes of at least 4 members (excludes halogenated alkanes) is 3. The minimum absolute atomic E-state index is 0.281. The van der Waals surface area contributed by atoms with Gasteiger partial charge in [0.25, 0.3) is 5.91 Å². The summed E-state index contributed by atoms with van der Waals surface area (Å²) in [5.74, 6) is -2.10. The lowest BCUT2D eigenvalue weighted by atomic mass is 10.1. The maximum absolute atomic E-state index is 13.2. The van der Waals surface area contributed by atoms with Gasteiger partial charge in [-0.3, -0.25) is 19.1 Å². The number of allylic oxidation sites excluding steroid dienone is 1. The molecule has 3 atom stereocenters. The van der Waals surface area contributed by atoms with Crippen LogP contribution < -0.4 is 10.0 Å². The number of nitrogens with one attached hydrogen (secondary N) is 2. The Hall–Kier alpha value is -2.16. The van der Waals surface area contributed by atoms with E-state index in [0.29, 0.717) is 24.8 Å². The van der Waals surface area contributed by atoms with Crippen LogP contribution in [0.2, 0.25) is 0 Å². The van der Waals surface area contributed by atoms with Crippen molar-refractivity contribution in [3.63, 3.8) is 0 Å². The Morgan fingerprint density at radius 2 is 1.88 bits per heavy atom. The topological polar surface area (TPSA) is 113 Å². The van der Waals surface area contributed by atoms with Gasteiger partial charge in [-0.1, -0.05) is 45.4 Å². The molecular formula is C23H37N3O5S. The molecule has 2 saturated carbocycles. The van der Waals surface area contributed by atoms with E-state index in [-0.39, 0.29) is 5.91 Å². The second-order valence-electron chi connectivity index (χ2n) is 9.16. The second kappa shape index (κ2) is 9.77. The van der Waals surface area contributed by atoms with Gasteiger partial charge in [-0.2, -0.15) is 0 Å². The zero-order valence-electron chi connectivity index (χ0n) is 19.9. The summed E-state index contributed by atoms with van der Waals surface area (Å²) < 4.78 is 26.6. The Kier molecular flexibility index (Phi) is 7.96. The third-order valence-corrected chi connectivity index (χ3v) is 8.89. The number of sulfonamides is 1. The summed E-state index contributed by atoms with van der Waals surface area (Å²) in [4.78, 5) is 39.4. The first-order valence-electron chi connectivity index (χ1n) is 11.4. The van der Waals surface area contributed by atoms with E-state index in [1.807, 2.05) is 12.2 Å². The number of carbonyl (C=O) groups is 3. The molecule has 180 valence electrons. The molecule has 32 heavy (non-hydrogen) atoms. The van der Waals surface area contributed by atoms with E-state index in [4.69, 9.17) is 0 Å². The Balaban J connectivity index is 2.27. The fourth-order valence-corrected chi connectivity index (χ4v) is 5.12. The number of likely N-dealkylation sites (N-methyl/N-ethyl adjacent to an activating group) is 1. The van der Waals surface area contributed by atoms with Gasteiger partial charge in [0, 0.05) is 19.9 Å². The summed E-state index contributed by atoms with van der Waals surface area (Å²) in [5, 5.41) is 2.74. The zero-order valence-corrected chi connectivity index (χ0v) is 20.7. The first-order chi connectivity index (χ1) is 14.9. The van der Waals surface area contributed by atoms with Crippen LogP contribution in [-0.4, -0.2) is 54.4 Å². The van der Waals surface area contributed by atoms with Crippen LogP contribution in [0.15, 0.2) is 24.3 Å². The largest absolute Gasteiger partial charge is 0.336 e. The summed E-state index contributed by atoms with van der Waals surface area (Å²) in [7, 11) is -2.36. The van der Waals surface area contributed by atoms with E-state index >= 15 is 0 Å². The average molecular weight is 468 g/mol. The van der Waals surface area contributed by atoms with Crippen molar-refractivity contribution in [1.82, 2.24) is 14.9 Å². The monoisotopic (exact) mass is 467 g/mol. The lowest BCUT2D eigenvalue weighted by Crippen LogP contribution is -2.57. The number of nitrogens with zero attached hydrogens (tertiary/aromatic N) is 1. The molecular weight excluding hydrogens is 430 g/mol. The summed E-state index contributed by atoms with van der Waals surface area (Å²) in [6.07, 6.45) is 9.09. The molecule has 3 unspecified atom stereocenters. The van der Waals surface area contributed by atoms with E-state index in [0.717, 1.165) is 25.7 Å². The number of carbonyl (C=O) groups excluding carboxylic acids is 3. The minimum atomic E-state index is -3.88. The fourth-order valence-electron chi connectivity index (χ4n) is 3.83. The van der Waals surface area contributed by atoms with Crippen molar-refractivity contribution in [2.75, 3.05) is 7.05 Å². The third kappa shape index (κ3) is 5.08. The molecule has 2 N–H and O–H groups in total. The van der Waals surface area contributed by atoms with Gasteiger partial charge in [-0.25, -0.2) is 8.42 Å². The maximum Gasteiger partial charge on any atom is 0.264 e. The first-order valence-corrected chi connectivity index (χ1v) is 12.8. The van der Waals surface area contributed by atoms with Gasteiger partial charge < -0.3 is 10.2 Å². The molecule has 0 spiro atoms. The van der Waals surface area contributed by atoms with Crippen molar-refractivity contribution >= 4 is 27.7 Å². The lowest BCUT2D eigenvalue weighted by molar-refractivity contribution is -0.139. The molecule has 0 bridgehead atoms. The fraction of sp³-hybridized carbons (Fsp3) is 0.696. The molecule has 0 saturated heterocycles. The van der Waals surface area contributed by atoms with Crippen molar-refractivity contribution in [2.45, 2.75) is 89.0 Å². The highest BCUT2D eigenvalue weighted by molar-refractivity contribution is 7.91. The molecule has 8 nitrogen and oxygen atoms in total. The standard InChI is InChI=1S/C23H37N3O5S/c1-7-9-10-11-12-13-18-16(3)23(18,21(29)25-32(30,31)22(5)14-15-22)24-20(28)19(8-2)26(6)17(4)27/h12-13,18-19H,3,7-11,14-15H2,1-2,4-6H3,(H,24,28)(H,25,29). The molecule has 3 amide bonds. The molecule has 0 radical (unpaired) electrons. The van der Waals surface area contributed by atoms with Gasteiger partial charge in [0.05, 0.1) is 4.75 Å². The molecule has 2 fully saturated rings. The van der Waals surface area contributed by atoms with Gasteiger partial charge in [0.1, 0.15) is 6.04 Å². The molecule has 0 aromatic rings. The van der Waals surface area contributed by atoms with Crippen molar-refractivity contribution in [2.24, 2.45) is 5.92 Å². The van der Waals surface area contributed by atoms with Gasteiger partial charge in [-0.15, -0.1) is 0 Å². The highest BCUT2D eigenvalue weighted by Crippen LogP contribution is 2.51. The molecule has 2 rings (SSSR count). The van der Waals surface area contributed by atoms with Crippen LogP contribution in [0.5, 0.6) is 0 Å². The van der Waals surface area contributed by atoms with Crippen molar-refractivity contribution < 1.29 is 22.8 Å². The summed E-state index contributed by atoms with van der Waals surface area (Å²) in [6.45, 7) is 10.8. The van der Waals surface area contributed by atoms with Gasteiger partial charge in [-0.05, 0) is 44.6 Å². The Bertz CT molecular complexity index is 907. The van der Waals surface area contributed by atoms with E-state index in [1.165, 1.54) is 18.9 Å². The van der Waals surface area contributed by atoms with Crippen LogP contribution in [0.25, 0.3) is 0 Å². The van der Waals surface area contributed by atoms with Crippen molar-refractivity contribution in [3.05, 3.63) is 24.3 Å². The number of hydrogen-bond donors (Lipinski definition) is 2. The lowest BCUT2D eigenvalue weighted by Gasteiger charge is -2.28. The van der Waals surface area contributed by atoms with Crippen molar-refractivity contribution in [1.29, 1.82) is 0 Å². The second-order valence-corrected chi connectivity index (χ2v) is 11.4. The molecule has 0 aromatic carbocycles. The first kappa shape index (κ1) is 26.1. The Labute approximate surface area is 191 Å².